The van der Waals surface area contributed by atoms with Gasteiger partial charge in [0.2, 0.25) is 0 Å². The molecule has 1 amide bonds. The number of aryl methyl sites for hydroxylation is 1. The highest BCUT2D eigenvalue weighted by atomic mass is 16.6. The van der Waals surface area contributed by atoms with E-state index >= 15 is 0 Å². The van der Waals surface area contributed by atoms with Crippen molar-refractivity contribution in [2.45, 2.75) is 20.0 Å². The third-order valence-electron chi connectivity index (χ3n) is 2.64. The summed E-state index contributed by atoms with van der Waals surface area (Å²) in [5, 5.41) is 13.3. The molecule has 0 bridgehead atoms. The van der Waals surface area contributed by atoms with Crippen molar-refractivity contribution in [1.82, 2.24) is 19.9 Å². The van der Waals surface area contributed by atoms with Crippen molar-refractivity contribution in [1.29, 1.82) is 0 Å². The number of hydrogen-bond acceptors (Lipinski definition) is 4. The summed E-state index contributed by atoms with van der Waals surface area (Å²) in [7, 11) is 0. The molecule has 19 heavy (non-hydrogen) atoms. The normalized spacial score (nSPS) is 10.4. The molecule has 0 spiro atoms. The Morgan fingerprint density at radius 3 is 3.00 bits per heavy atom. The number of imidazole rings is 1. The Bertz CT molecular complexity index is 588. The molecule has 0 fully saturated rings. The van der Waals surface area contributed by atoms with E-state index in [1.54, 1.807) is 12.4 Å². The lowest BCUT2D eigenvalue weighted by Crippen LogP contribution is -2.25. The van der Waals surface area contributed by atoms with Crippen LogP contribution in [-0.2, 0) is 13.1 Å². The standard InChI is InChI=1S/C11H13N5O3/c1-2-15-7-8(16(18)19)5-9(15)11(17)14-6-10-12-3-4-13-10/h3-5,7H,2,6H2,1H3,(H,12,13)(H,14,17). The predicted octanol–water partition coefficient (Wildman–Crippen LogP) is 1.07. The fourth-order valence-corrected chi connectivity index (χ4v) is 1.70. The van der Waals surface area contributed by atoms with Crippen LogP contribution in [0.25, 0.3) is 0 Å². The Hall–Kier alpha value is -2.64. The molecule has 8 heteroatoms. The van der Waals surface area contributed by atoms with Crippen LogP contribution in [0.4, 0.5) is 5.69 Å². The van der Waals surface area contributed by atoms with Gasteiger partial charge in [-0.2, -0.15) is 0 Å². The Kier molecular flexibility index (Phi) is 3.60. The monoisotopic (exact) mass is 263 g/mol. The molecular weight excluding hydrogens is 250 g/mol. The van der Waals surface area contributed by atoms with Gasteiger partial charge in [0.25, 0.3) is 11.6 Å². The molecule has 0 aliphatic carbocycles. The van der Waals surface area contributed by atoms with Gasteiger partial charge in [0.1, 0.15) is 11.5 Å². The van der Waals surface area contributed by atoms with Crippen LogP contribution in [-0.4, -0.2) is 25.4 Å². The number of amides is 1. The van der Waals surface area contributed by atoms with E-state index in [0.717, 1.165) is 0 Å². The van der Waals surface area contributed by atoms with Crippen LogP contribution < -0.4 is 5.32 Å². The number of aromatic nitrogens is 3. The number of H-pyrrole nitrogens is 1. The van der Waals surface area contributed by atoms with E-state index in [-0.39, 0.29) is 23.8 Å². The average Bonchev–Trinajstić information content (AvgIpc) is 3.04. The molecule has 2 aromatic rings. The highest BCUT2D eigenvalue weighted by molar-refractivity contribution is 5.93. The maximum atomic E-state index is 12.0. The Labute approximate surface area is 108 Å². The summed E-state index contributed by atoms with van der Waals surface area (Å²) in [4.78, 5) is 29.0. The molecule has 0 radical (unpaired) electrons. The van der Waals surface area contributed by atoms with E-state index in [2.05, 4.69) is 15.3 Å². The van der Waals surface area contributed by atoms with Crippen LogP contribution in [0.5, 0.6) is 0 Å². The van der Waals surface area contributed by atoms with Crippen molar-refractivity contribution in [3.05, 3.63) is 46.3 Å². The number of carbonyl (C=O) groups excluding carboxylic acids is 1. The molecular formula is C11H13N5O3. The second-order valence-corrected chi connectivity index (χ2v) is 3.85. The van der Waals surface area contributed by atoms with E-state index in [9.17, 15) is 14.9 Å². The zero-order valence-corrected chi connectivity index (χ0v) is 10.3. The molecule has 0 aliphatic rings. The third kappa shape index (κ3) is 2.79. The van der Waals surface area contributed by atoms with Gasteiger partial charge in [0.05, 0.1) is 17.7 Å². The predicted molar refractivity (Wildman–Crippen MR) is 66.5 cm³/mol. The van der Waals surface area contributed by atoms with Crippen LogP contribution in [0.3, 0.4) is 0 Å². The maximum absolute atomic E-state index is 12.0. The van der Waals surface area contributed by atoms with Gasteiger partial charge in [0, 0.05) is 25.0 Å². The molecule has 2 heterocycles. The molecule has 0 saturated heterocycles. The number of nitrogens with zero attached hydrogens (tertiary/aromatic N) is 3. The summed E-state index contributed by atoms with van der Waals surface area (Å²) in [6, 6.07) is 1.26. The minimum absolute atomic E-state index is 0.0926. The second kappa shape index (κ2) is 5.34. The Morgan fingerprint density at radius 1 is 1.63 bits per heavy atom. The molecule has 2 N–H and O–H groups in total. The van der Waals surface area contributed by atoms with Crippen LogP contribution in [0.1, 0.15) is 23.2 Å². The van der Waals surface area contributed by atoms with Gasteiger partial charge >= 0.3 is 0 Å². The number of nitrogens with one attached hydrogen (secondary N) is 2. The zero-order chi connectivity index (χ0) is 13.8. The lowest BCUT2D eigenvalue weighted by molar-refractivity contribution is -0.384. The van der Waals surface area contributed by atoms with Crippen molar-refractivity contribution < 1.29 is 9.72 Å². The number of carbonyl (C=O) groups is 1. The molecule has 0 saturated carbocycles. The molecule has 0 unspecified atom stereocenters. The zero-order valence-electron chi connectivity index (χ0n) is 10.3. The van der Waals surface area contributed by atoms with Crippen molar-refractivity contribution in [3.8, 4) is 0 Å². The largest absolute Gasteiger partial charge is 0.347 e. The summed E-state index contributed by atoms with van der Waals surface area (Å²) >= 11 is 0. The molecule has 2 rings (SSSR count). The molecule has 0 aliphatic heterocycles. The van der Waals surface area contributed by atoms with Crippen LogP contribution in [0, 0.1) is 10.1 Å². The number of rotatable bonds is 5. The molecule has 100 valence electrons. The third-order valence-corrected chi connectivity index (χ3v) is 2.64. The van der Waals surface area contributed by atoms with Gasteiger partial charge < -0.3 is 14.9 Å². The summed E-state index contributed by atoms with van der Waals surface area (Å²) in [6.45, 7) is 2.54. The summed E-state index contributed by atoms with van der Waals surface area (Å²) in [6.07, 6.45) is 4.59. The Morgan fingerprint density at radius 2 is 2.42 bits per heavy atom. The number of hydrogen-bond donors (Lipinski definition) is 2. The minimum Gasteiger partial charge on any atom is -0.347 e. The highest BCUT2D eigenvalue weighted by Crippen LogP contribution is 2.16. The van der Waals surface area contributed by atoms with Crippen molar-refractivity contribution in [3.63, 3.8) is 0 Å². The van der Waals surface area contributed by atoms with E-state index in [1.165, 1.54) is 16.8 Å². The van der Waals surface area contributed by atoms with E-state index in [1.807, 2.05) is 6.92 Å². The van der Waals surface area contributed by atoms with Crippen molar-refractivity contribution in [2.75, 3.05) is 0 Å². The van der Waals surface area contributed by atoms with Gasteiger partial charge in [0.15, 0.2) is 0 Å². The van der Waals surface area contributed by atoms with Gasteiger partial charge in [-0.15, -0.1) is 0 Å². The smallest absolute Gasteiger partial charge is 0.287 e. The lowest BCUT2D eigenvalue weighted by Gasteiger charge is -2.05. The van der Waals surface area contributed by atoms with E-state index in [0.29, 0.717) is 12.4 Å². The van der Waals surface area contributed by atoms with Crippen molar-refractivity contribution >= 4 is 11.6 Å². The number of aromatic amines is 1. The summed E-state index contributed by atoms with van der Waals surface area (Å²) < 4.78 is 1.54. The van der Waals surface area contributed by atoms with Gasteiger partial charge in [-0.05, 0) is 6.92 Å². The lowest BCUT2D eigenvalue weighted by atomic mass is 10.3. The fourth-order valence-electron chi connectivity index (χ4n) is 1.70. The quantitative estimate of drug-likeness (QED) is 0.621. The van der Waals surface area contributed by atoms with Crippen LogP contribution in [0.15, 0.2) is 24.7 Å². The van der Waals surface area contributed by atoms with Crippen LogP contribution >= 0.6 is 0 Å². The molecule has 0 atom stereocenters. The number of nitro groups is 1. The molecule has 2 aromatic heterocycles. The average molecular weight is 263 g/mol. The van der Waals surface area contributed by atoms with Crippen molar-refractivity contribution in [2.24, 2.45) is 0 Å². The van der Waals surface area contributed by atoms with Gasteiger partial charge in [-0.1, -0.05) is 0 Å². The Balaban J connectivity index is 2.11. The topological polar surface area (TPSA) is 106 Å². The highest BCUT2D eigenvalue weighted by Gasteiger charge is 2.18. The van der Waals surface area contributed by atoms with E-state index < -0.39 is 4.92 Å². The molecule has 8 nitrogen and oxygen atoms in total. The van der Waals surface area contributed by atoms with Gasteiger partial charge in [-0.25, -0.2) is 4.98 Å². The first kappa shape index (κ1) is 12.8. The first-order valence-electron chi connectivity index (χ1n) is 5.72. The SMILES string of the molecule is CCn1cc([N+](=O)[O-])cc1C(=O)NCc1ncc[nH]1. The first-order chi connectivity index (χ1) is 9.11. The van der Waals surface area contributed by atoms with Gasteiger partial charge in [-0.3, -0.25) is 14.9 Å². The van der Waals surface area contributed by atoms with E-state index in [4.69, 9.17) is 0 Å². The maximum Gasteiger partial charge on any atom is 0.287 e. The summed E-state index contributed by atoms with van der Waals surface area (Å²) in [5.41, 5.74) is 0.172. The molecule has 0 aromatic carbocycles. The summed E-state index contributed by atoms with van der Waals surface area (Å²) in [5.74, 6) is 0.254. The first-order valence-corrected chi connectivity index (χ1v) is 5.72. The second-order valence-electron chi connectivity index (χ2n) is 3.85. The fraction of sp³-hybridized carbons (Fsp3) is 0.273. The minimum atomic E-state index is -0.518. The van der Waals surface area contributed by atoms with Crippen LogP contribution in [0.2, 0.25) is 0 Å².